The number of unbranched alkanes of at least 4 members (excludes halogenated alkanes) is 3. The highest BCUT2D eigenvalue weighted by Crippen LogP contribution is 2.37. The van der Waals surface area contributed by atoms with Gasteiger partial charge in [-0.15, -0.1) is 0 Å². The molecule has 1 aliphatic rings. The summed E-state index contributed by atoms with van der Waals surface area (Å²) >= 11 is 0. The van der Waals surface area contributed by atoms with E-state index in [1.54, 1.807) is 26.0 Å². The van der Waals surface area contributed by atoms with Crippen molar-refractivity contribution in [2.45, 2.75) is 122 Å². The Morgan fingerprint density at radius 1 is 1.14 bits per heavy atom. The summed E-state index contributed by atoms with van der Waals surface area (Å²) in [6, 6.07) is 1.20. The molecule has 2 heterocycles. The average Bonchev–Trinajstić information content (AvgIpc) is 2.95. The zero-order valence-electron chi connectivity index (χ0n) is 26.7. The highest BCUT2D eigenvalue weighted by Gasteiger charge is 2.41. The van der Waals surface area contributed by atoms with Gasteiger partial charge in [0, 0.05) is 18.4 Å². The lowest BCUT2D eigenvalue weighted by molar-refractivity contribution is -0.180. The fourth-order valence-corrected chi connectivity index (χ4v) is 5.56. The first kappa shape index (κ1) is 36.9. The number of ether oxygens (including phenoxy) is 1. The molecule has 244 valence electrons. The number of hydrogen-bond acceptors (Lipinski definition) is 9. The third-order valence-corrected chi connectivity index (χ3v) is 8.33. The SMILES string of the molecule is CCCCCCC(C)C/C(C)=C\C(/C=C(C)/C=C/C(O)C(C)(C)c1cc(O)c([C@@H]2O[C@H](CO)C[C@H](O)[C@H]2O)c(=O)o1)CO. The largest absolute Gasteiger partial charge is 0.507 e. The molecule has 0 spiro atoms. The lowest BCUT2D eigenvalue weighted by Crippen LogP contribution is -2.46. The highest BCUT2D eigenvalue weighted by molar-refractivity contribution is 5.36. The van der Waals surface area contributed by atoms with E-state index in [4.69, 9.17) is 9.15 Å². The molecule has 0 amide bonds. The van der Waals surface area contributed by atoms with Crippen LogP contribution in [-0.4, -0.2) is 68.3 Å². The van der Waals surface area contributed by atoms with Gasteiger partial charge in [0.15, 0.2) is 0 Å². The predicted octanol–water partition coefficient (Wildman–Crippen LogP) is 4.58. The number of aliphatic hydroxyl groups is 5. The Hall–Kier alpha value is -2.27. The minimum atomic E-state index is -1.50. The first-order chi connectivity index (χ1) is 20.2. The first-order valence-corrected chi connectivity index (χ1v) is 15.6. The second-order valence-electron chi connectivity index (χ2n) is 12.8. The highest BCUT2D eigenvalue weighted by atomic mass is 16.5. The van der Waals surface area contributed by atoms with Crippen molar-refractivity contribution in [3.63, 3.8) is 0 Å². The Morgan fingerprint density at radius 2 is 1.84 bits per heavy atom. The van der Waals surface area contributed by atoms with Crippen LogP contribution in [0.2, 0.25) is 0 Å². The van der Waals surface area contributed by atoms with Crippen LogP contribution >= 0.6 is 0 Å². The van der Waals surface area contributed by atoms with Crippen LogP contribution in [0.5, 0.6) is 5.75 Å². The Kier molecular flexibility index (Phi) is 14.8. The number of aliphatic hydroxyl groups excluding tert-OH is 5. The zero-order valence-corrected chi connectivity index (χ0v) is 26.7. The number of aromatic hydroxyl groups is 1. The van der Waals surface area contributed by atoms with Gasteiger partial charge in [0.2, 0.25) is 0 Å². The Labute approximate surface area is 256 Å². The van der Waals surface area contributed by atoms with Crippen molar-refractivity contribution in [1.82, 2.24) is 0 Å². The van der Waals surface area contributed by atoms with Gasteiger partial charge in [0.1, 0.15) is 29.3 Å². The van der Waals surface area contributed by atoms with Crippen molar-refractivity contribution < 1.29 is 39.8 Å². The van der Waals surface area contributed by atoms with Crippen molar-refractivity contribution in [3.8, 4) is 5.75 Å². The summed E-state index contributed by atoms with van der Waals surface area (Å²) in [6.45, 7) is 11.3. The van der Waals surface area contributed by atoms with Crippen LogP contribution in [-0.2, 0) is 10.2 Å². The lowest BCUT2D eigenvalue weighted by atomic mass is 9.82. The van der Waals surface area contributed by atoms with Crippen LogP contribution in [0.3, 0.4) is 0 Å². The summed E-state index contributed by atoms with van der Waals surface area (Å²) < 4.78 is 11.0. The molecule has 1 aromatic heterocycles. The molecule has 2 rings (SSSR count). The van der Waals surface area contributed by atoms with Crippen LogP contribution < -0.4 is 5.63 Å². The van der Waals surface area contributed by atoms with Gasteiger partial charge in [-0.25, -0.2) is 4.79 Å². The quantitative estimate of drug-likeness (QED) is 0.0899. The number of hydrogen-bond donors (Lipinski definition) is 6. The van der Waals surface area contributed by atoms with Crippen molar-refractivity contribution in [3.05, 3.63) is 63.3 Å². The normalized spacial score (nSPS) is 24.3. The zero-order chi connectivity index (χ0) is 32.3. The summed E-state index contributed by atoms with van der Waals surface area (Å²) in [5.41, 5.74) is -0.399. The molecular formula is C34H54O9. The third-order valence-electron chi connectivity index (χ3n) is 8.33. The van der Waals surface area contributed by atoms with E-state index in [1.807, 2.05) is 13.0 Å². The van der Waals surface area contributed by atoms with E-state index in [9.17, 15) is 35.4 Å². The third kappa shape index (κ3) is 10.7. The smallest absolute Gasteiger partial charge is 0.345 e. The monoisotopic (exact) mass is 606 g/mol. The van der Waals surface area contributed by atoms with E-state index in [-0.39, 0.29) is 30.3 Å². The van der Waals surface area contributed by atoms with E-state index in [2.05, 4.69) is 26.8 Å². The molecule has 43 heavy (non-hydrogen) atoms. The fourth-order valence-electron chi connectivity index (χ4n) is 5.56. The van der Waals surface area contributed by atoms with Gasteiger partial charge in [0.05, 0.1) is 36.9 Å². The summed E-state index contributed by atoms with van der Waals surface area (Å²) in [6.07, 6.45) is 8.44. The van der Waals surface area contributed by atoms with Crippen LogP contribution in [0.1, 0.15) is 104 Å². The van der Waals surface area contributed by atoms with Crippen molar-refractivity contribution >= 4 is 0 Å². The van der Waals surface area contributed by atoms with Gasteiger partial charge >= 0.3 is 5.63 Å². The molecule has 9 heteroatoms. The molecule has 1 aliphatic heterocycles. The van der Waals surface area contributed by atoms with Crippen molar-refractivity contribution in [1.29, 1.82) is 0 Å². The minimum absolute atomic E-state index is 0.0118. The van der Waals surface area contributed by atoms with Gasteiger partial charge in [-0.1, -0.05) is 81.4 Å². The van der Waals surface area contributed by atoms with Gasteiger partial charge < -0.3 is 39.8 Å². The van der Waals surface area contributed by atoms with Crippen LogP contribution in [0.4, 0.5) is 0 Å². The molecule has 0 aliphatic carbocycles. The fraction of sp³-hybridized carbons (Fsp3) is 0.676. The Morgan fingerprint density at radius 3 is 2.44 bits per heavy atom. The van der Waals surface area contributed by atoms with E-state index < -0.39 is 53.9 Å². The molecule has 7 atom stereocenters. The van der Waals surface area contributed by atoms with Crippen LogP contribution in [0.15, 0.2) is 50.7 Å². The second kappa shape index (κ2) is 17.3. The van der Waals surface area contributed by atoms with Crippen molar-refractivity contribution in [2.75, 3.05) is 13.2 Å². The summed E-state index contributed by atoms with van der Waals surface area (Å²) in [5.74, 6) is -0.0686. The average molecular weight is 607 g/mol. The van der Waals surface area contributed by atoms with Crippen LogP contribution in [0, 0.1) is 11.8 Å². The van der Waals surface area contributed by atoms with Crippen molar-refractivity contribution in [2.24, 2.45) is 11.8 Å². The molecule has 9 nitrogen and oxygen atoms in total. The van der Waals surface area contributed by atoms with Gasteiger partial charge in [-0.3, -0.25) is 0 Å². The van der Waals surface area contributed by atoms with E-state index >= 15 is 0 Å². The summed E-state index contributed by atoms with van der Waals surface area (Å²) in [7, 11) is 0. The maximum absolute atomic E-state index is 12.9. The molecular weight excluding hydrogens is 552 g/mol. The summed E-state index contributed by atoms with van der Waals surface area (Å²) in [5, 5.41) is 61.7. The standard InChI is InChI=1S/C34H54O9/c1-7-8-9-10-11-21(2)14-23(4)16-24(19-35)15-22(3)12-13-28(39)34(5,6)29-18-26(37)30(33(41)43-29)32-31(40)27(38)17-25(20-36)42-32/h12-13,15-16,18,21,24-25,27-28,31-32,35-40H,7-11,14,17,19-20H2,1-6H3/b13-12+,22-15+,23-16-/t21?,24?,25-,27-,28?,31+,32-/m0/s1. The molecule has 1 aromatic rings. The molecule has 0 aromatic carbocycles. The van der Waals surface area contributed by atoms with Gasteiger partial charge in [0.25, 0.3) is 0 Å². The van der Waals surface area contributed by atoms with Crippen LogP contribution in [0.25, 0.3) is 0 Å². The number of rotatable bonds is 16. The second-order valence-corrected chi connectivity index (χ2v) is 12.8. The lowest BCUT2D eigenvalue weighted by Gasteiger charge is -2.36. The molecule has 0 saturated carbocycles. The summed E-state index contributed by atoms with van der Waals surface area (Å²) in [4.78, 5) is 12.9. The first-order valence-electron chi connectivity index (χ1n) is 15.6. The van der Waals surface area contributed by atoms with E-state index in [0.29, 0.717) is 5.92 Å². The molecule has 3 unspecified atom stereocenters. The molecule has 0 radical (unpaired) electrons. The minimum Gasteiger partial charge on any atom is -0.507 e. The maximum atomic E-state index is 12.9. The Balaban J connectivity index is 2.14. The predicted molar refractivity (Wildman–Crippen MR) is 167 cm³/mol. The van der Waals surface area contributed by atoms with Gasteiger partial charge in [-0.2, -0.15) is 0 Å². The molecule has 6 N–H and O–H groups in total. The molecule has 1 saturated heterocycles. The molecule has 1 fully saturated rings. The van der Waals surface area contributed by atoms with E-state index in [1.165, 1.54) is 43.7 Å². The van der Waals surface area contributed by atoms with E-state index in [0.717, 1.165) is 12.0 Å². The maximum Gasteiger partial charge on any atom is 0.345 e. The number of allylic oxidation sites excluding steroid dienone is 3. The topological polar surface area (TPSA) is 161 Å². The molecule has 0 bridgehead atoms. The van der Waals surface area contributed by atoms with Gasteiger partial charge in [-0.05, 0) is 40.0 Å². The Bertz CT molecular complexity index is 1150.